The molecule has 15 heavy (non-hydrogen) atoms. The SMILES string of the molecule is COC(=O)c1cc(F)c2cnn(C)c2c1. The van der Waals surface area contributed by atoms with Crippen molar-refractivity contribution in [2.75, 3.05) is 7.11 Å². The van der Waals surface area contributed by atoms with Gasteiger partial charge in [-0.1, -0.05) is 0 Å². The summed E-state index contributed by atoms with van der Waals surface area (Å²) in [6.45, 7) is 0. The molecule has 0 unspecified atom stereocenters. The van der Waals surface area contributed by atoms with Gasteiger partial charge in [-0.25, -0.2) is 9.18 Å². The van der Waals surface area contributed by atoms with Crippen molar-refractivity contribution < 1.29 is 13.9 Å². The highest BCUT2D eigenvalue weighted by molar-refractivity contribution is 5.94. The van der Waals surface area contributed by atoms with Crippen LogP contribution in [0.15, 0.2) is 18.3 Å². The first-order valence-corrected chi connectivity index (χ1v) is 4.33. The van der Waals surface area contributed by atoms with Gasteiger partial charge in [0.2, 0.25) is 0 Å². The fourth-order valence-electron chi connectivity index (χ4n) is 1.44. The highest BCUT2D eigenvalue weighted by Crippen LogP contribution is 2.19. The molecular weight excluding hydrogens is 199 g/mol. The first-order chi connectivity index (χ1) is 7.13. The summed E-state index contributed by atoms with van der Waals surface area (Å²) in [5.41, 5.74) is 0.751. The van der Waals surface area contributed by atoms with Gasteiger partial charge in [-0.15, -0.1) is 0 Å². The summed E-state index contributed by atoms with van der Waals surface area (Å²) in [5.74, 6) is -1.03. The summed E-state index contributed by atoms with van der Waals surface area (Å²) in [7, 11) is 2.94. The lowest BCUT2D eigenvalue weighted by atomic mass is 10.1. The summed E-state index contributed by atoms with van der Waals surface area (Å²) in [5, 5.41) is 4.30. The zero-order chi connectivity index (χ0) is 11.0. The van der Waals surface area contributed by atoms with Crippen LogP contribution < -0.4 is 0 Å². The van der Waals surface area contributed by atoms with Gasteiger partial charge >= 0.3 is 5.97 Å². The smallest absolute Gasteiger partial charge is 0.338 e. The standard InChI is InChI=1S/C10H9FN2O2/c1-13-9-4-6(10(14)15-2)3-8(11)7(9)5-12-13/h3-5H,1-2H3. The first kappa shape index (κ1) is 9.64. The Kier molecular flexibility index (Phi) is 2.15. The predicted molar refractivity (Wildman–Crippen MR) is 52.0 cm³/mol. The van der Waals surface area contributed by atoms with Crippen LogP contribution in [0.2, 0.25) is 0 Å². The van der Waals surface area contributed by atoms with Gasteiger partial charge in [-0.3, -0.25) is 4.68 Å². The summed E-state index contributed by atoms with van der Waals surface area (Å²) < 4.78 is 19.5. The number of carbonyl (C=O) groups is 1. The zero-order valence-electron chi connectivity index (χ0n) is 8.32. The Hall–Kier alpha value is -1.91. The van der Waals surface area contributed by atoms with Crippen molar-refractivity contribution in [3.05, 3.63) is 29.7 Å². The van der Waals surface area contributed by atoms with Crippen LogP contribution in [0.4, 0.5) is 4.39 Å². The summed E-state index contributed by atoms with van der Waals surface area (Å²) >= 11 is 0. The van der Waals surface area contributed by atoms with E-state index < -0.39 is 11.8 Å². The Labute approximate surface area is 85.3 Å². The molecule has 5 heteroatoms. The van der Waals surface area contributed by atoms with E-state index >= 15 is 0 Å². The van der Waals surface area contributed by atoms with Crippen LogP contribution in [0, 0.1) is 5.82 Å². The number of benzene rings is 1. The molecule has 0 radical (unpaired) electrons. The highest BCUT2D eigenvalue weighted by Gasteiger charge is 2.12. The third-order valence-electron chi connectivity index (χ3n) is 2.24. The number of fused-ring (bicyclic) bond motifs is 1. The number of aryl methyl sites for hydroxylation is 1. The van der Waals surface area contributed by atoms with E-state index in [-0.39, 0.29) is 5.56 Å². The highest BCUT2D eigenvalue weighted by atomic mass is 19.1. The second-order valence-electron chi connectivity index (χ2n) is 3.15. The van der Waals surface area contributed by atoms with Gasteiger partial charge in [0.1, 0.15) is 5.82 Å². The van der Waals surface area contributed by atoms with Crippen molar-refractivity contribution in [2.24, 2.45) is 7.05 Å². The molecule has 1 aromatic carbocycles. The molecule has 0 atom stereocenters. The van der Waals surface area contributed by atoms with Crippen LogP contribution in [0.25, 0.3) is 10.9 Å². The van der Waals surface area contributed by atoms with Crippen molar-refractivity contribution in [3.63, 3.8) is 0 Å². The molecule has 0 saturated carbocycles. The minimum atomic E-state index is -0.558. The predicted octanol–water partition coefficient (Wildman–Crippen LogP) is 1.50. The van der Waals surface area contributed by atoms with Gasteiger partial charge in [-0.05, 0) is 12.1 Å². The maximum Gasteiger partial charge on any atom is 0.338 e. The number of nitrogens with zero attached hydrogens (tertiary/aromatic N) is 2. The van der Waals surface area contributed by atoms with Crippen molar-refractivity contribution >= 4 is 16.9 Å². The zero-order valence-corrected chi connectivity index (χ0v) is 8.32. The number of hydrogen-bond donors (Lipinski definition) is 0. The molecule has 4 nitrogen and oxygen atoms in total. The second kappa shape index (κ2) is 3.34. The molecule has 0 saturated heterocycles. The number of hydrogen-bond acceptors (Lipinski definition) is 3. The van der Waals surface area contributed by atoms with Gasteiger partial charge < -0.3 is 4.74 Å². The lowest BCUT2D eigenvalue weighted by molar-refractivity contribution is 0.0600. The number of aromatic nitrogens is 2. The third kappa shape index (κ3) is 1.45. The van der Waals surface area contributed by atoms with Gasteiger partial charge in [0.25, 0.3) is 0 Å². The quantitative estimate of drug-likeness (QED) is 0.667. The van der Waals surface area contributed by atoms with E-state index in [1.54, 1.807) is 13.1 Å². The van der Waals surface area contributed by atoms with Crippen molar-refractivity contribution in [1.82, 2.24) is 9.78 Å². The molecule has 0 spiro atoms. The number of carbonyl (C=O) groups excluding carboxylic acids is 1. The van der Waals surface area contributed by atoms with Gasteiger partial charge in [0.05, 0.1) is 29.8 Å². The van der Waals surface area contributed by atoms with Crippen molar-refractivity contribution in [3.8, 4) is 0 Å². The maximum absolute atomic E-state index is 13.5. The van der Waals surface area contributed by atoms with Gasteiger partial charge in [-0.2, -0.15) is 5.10 Å². The average molecular weight is 208 g/mol. The number of esters is 1. The normalized spacial score (nSPS) is 10.6. The Morgan fingerprint density at radius 3 is 2.93 bits per heavy atom. The second-order valence-corrected chi connectivity index (χ2v) is 3.15. The number of methoxy groups -OCH3 is 1. The van der Waals surface area contributed by atoms with E-state index in [2.05, 4.69) is 9.84 Å². The molecule has 0 amide bonds. The Balaban J connectivity index is 2.70. The number of ether oxygens (including phenoxy) is 1. The number of rotatable bonds is 1. The lowest BCUT2D eigenvalue weighted by Gasteiger charge is -2.01. The molecule has 0 aliphatic carbocycles. The molecular formula is C10H9FN2O2. The molecule has 0 fully saturated rings. The molecule has 1 aromatic heterocycles. The largest absolute Gasteiger partial charge is 0.465 e. The molecule has 1 heterocycles. The number of halogens is 1. The van der Waals surface area contributed by atoms with E-state index in [0.29, 0.717) is 10.9 Å². The summed E-state index contributed by atoms with van der Waals surface area (Å²) in [6, 6.07) is 2.70. The molecule has 0 aliphatic rings. The van der Waals surface area contributed by atoms with Crippen LogP contribution in [-0.4, -0.2) is 22.9 Å². The minimum absolute atomic E-state index is 0.186. The Morgan fingerprint density at radius 1 is 1.53 bits per heavy atom. The molecule has 2 aromatic rings. The molecule has 0 N–H and O–H groups in total. The van der Waals surface area contributed by atoms with Gasteiger partial charge in [0.15, 0.2) is 0 Å². The lowest BCUT2D eigenvalue weighted by Crippen LogP contribution is -2.02. The Morgan fingerprint density at radius 2 is 2.27 bits per heavy atom. The van der Waals surface area contributed by atoms with E-state index in [0.717, 1.165) is 6.07 Å². The summed E-state index contributed by atoms with van der Waals surface area (Å²) in [6.07, 6.45) is 1.42. The molecule has 0 bridgehead atoms. The topological polar surface area (TPSA) is 44.1 Å². The maximum atomic E-state index is 13.5. The van der Waals surface area contributed by atoms with Crippen LogP contribution in [0.5, 0.6) is 0 Å². The van der Waals surface area contributed by atoms with E-state index in [4.69, 9.17) is 0 Å². The van der Waals surface area contributed by atoms with E-state index in [1.165, 1.54) is 18.0 Å². The van der Waals surface area contributed by atoms with Crippen LogP contribution >= 0.6 is 0 Å². The fourth-order valence-corrected chi connectivity index (χ4v) is 1.44. The molecule has 78 valence electrons. The van der Waals surface area contributed by atoms with Crippen molar-refractivity contribution in [2.45, 2.75) is 0 Å². The minimum Gasteiger partial charge on any atom is -0.465 e. The van der Waals surface area contributed by atoms with E-state index in [1.807, 2.05) is 0 Å². The first-order valence-electron chi connectivity index (χ1n) is 4.33. The van der Waals surface area contributed by atoms with Crippen LogP contribution in [-0.2, 0) is 11.8 Å². The Bertz CT molecular complexity index is 533. The third-order valence-corrected chi connectivity index (χ3v) is 2.24. The fraction of sp³-hybridized carbons (Fsp3) is 0.200. The van der Waals surface area contributed by atoms with E-state index in [9.17, 15) is 9.18 Å². The molecule has 0 aliphatic heterocycles. The molecule has 2 rings (SSSR count). The van der Waals surface area contributed by atoms with Crippen LogP contribution in [0.1, 0.15) is 10.4 Å². The van der Waals surface area contributed by atoms with Gasteiger partial charge in [0, 0.05) is 7.05 Å². The van der Waals surface area contributed by atoms with Crippen molar-refractivity contribution in [1.29, 1.82) is 0 Å². The summed E-state index contributed by atoms with van der Waals surface area (Å²) in [4.78, 5) is 11.2. The monoisotopic (exact) mass is 208 g/mol. The average Bonchev–Trinajstić information content (AvgIpc) is 2.60. The van der Waals surface area contributed by atoms with Crippen LogP contribution in [0.3, 0.4) is 0 Å².